The lowest BCUT2D eigenvalue weighted by atomic mass is 9.92. The molecule has 0 fully saturated rings. The van der Waals surface area contributed by atoms with Gasteiger partial charge >= 0.3 is 6.09 Å². The van der Waals surface area contributed by atoms with E-state index >= 15 is 0 Å². The second-order valence-corrected chi connectivity index (χ2v) is 8.45. The van der Waals surface area contributed by atoms with Crippen LogP contribution < -0.4 is 9.64 Å². The van der Waals surface area contributed by atoms with E-state index < -0.39 is 5.60 Å². The van der Waals surface area contributed by atoms with Gasteiger partial charge in [-0.3, -0.25) is 0 Å². The van der Waals surface area contributed by atoms with Crippen molar-refractivity contribution in [1.29, 1.82) is 0 Å². The molecule has 3 heterocycles. The first-order chi connectivity index (χ1) is 13.3. The zero-order valence-electron chi connectivity index (χ0n) is 17.1. The average molecular weight is 384 g/mol. The summed E-state index contributed by atoms with van der Waals surface area (Å²) in [6.07, 6.45) is 2.97. The second-order valence-electron chi connectivity index (χ2n) is 8.45. The van der Waals surface area contributed by atoms with Crippen LogP contribution in [0.3, 0.4) is 0 Å². The van der Waals surface area contributed by atoms with Crippen molar-refractivity contribution in [3.05, 3.63) is 35.6 Å². The Labute approximate surface area is 166 Å². The van der Waals surface area contributed by atoms with Crippen LogP contribution in [0.4, 0.5) is 10.5 Å². The fourth-order valence-electron chi connectivity index (χ4n) is 3.95. The molecule has 2 aromatic rings. The van der Waals surface area contributed by atoms with Crippen molar-refractivity contribution >= 4 is 11.8 Å². The molecule has 2 aliphatic rings. The summed E-state index contributed by atoms with van der Waals surface area (Å²) in [4.78, 5) is 16.6. The van der Waals surface area contributed by atoms with E-state index in [0.29, 0.717) is 19.7 Å². The molecular formula is C22H28N2O4. The molecule has 1 aromatic carbocycles. The number of anilines is 1. The minimum Gasteiger partial charge on any atom is -0.490 e. The number of amides is 1. The summed E-state index contributed by atoms with van der Waals surface area (Å²) in [5.41, 5.74) is 4.12. The summed E-state index contributed by atoms with van der Waals surface area (Å²) in [5, 5.41) is 0. The fourth-order valence-corrected chi connectivity index (χ4v) is 3.95. The Balaban J connectivity index is 1.72. The van der Waals surface area contributed by atoms with Crippen molar-refractivity contribution in [2.24, 2.45) is 0 Å². The standard InChI is InChI=1S/C22H28N2O4/c1-22(2,3)28-21(25)24-9-7-15-14-18-20(23(4)11-13-27-18)19(16(15)8-10-24)17-6-5-12-26-17/h5-6,12,14H,7-11,13H2,1-4H3. The molecule has 1 aromatic heterocycles. The van der Waals surface area contributed by atoms with E-state index in [1.54, 1.807) is 11.2 Å². The van der Waals surface area contributed by atoms with Gasteiger partial charge in [0.15, 0.2) is 0 Å². The number of fused-ring (bicyclic) bond motifs is 2. The number of benzene rings is 1. The molecule has 0 N–H and O–H groups in total. The van der Waals surface area contributed by atoms with Crippen molar-refractivity contribution in [3.63, 3.8) is 0 Å². The molecule has 0 bridgehead atoms. The van der Waals surface area contributed by atoms with Crippen molar-refractivity contribution in [2.75, 3.05) is 38.2 Å². The highest BCUT2D eigenvalue weighted by molar-refractivity contribution is 5.85. The van der Waals surface area contributed by atoms with E-state index in [4.69, 9.17) is 13.9 Å². The van der Waals surface area contributed by atoms with Crippen LogP contribution in [0.5, 0.6) is 5.75 Å². The highest BCUT2D eigenvalue weighted by Gasteiger charge is 2.30. The molecule has 6 nitrogen and oxygen atoms in total. The molecular weight excluding hydrogens is 356 g/mol. The summed E-state index contributed by atoms with van der Waals surface area (Å²) in [7, 11) is 2.09. The lowest BCUT2D eigenvalue weighted by Crippen LogP contribution is -2.38. The molecule has 6 heteroatoms. The third-order valence-electron chi connectivity index (χ3n) is 5.23. The summed E-state index contributed by atoms with van der Waals surface area (Å²) in [6.45, 7) is 8.45. The predicted octanol–water partition coefficient (Wildman–Crippen LogP) is 4.11. The lowest BCUT2D eigenvalue weighted by molar-refractivity contribution is 0.0258. The van der Waals surface area contributed by atoms with Crippen LogP contribution in [0.2, 0.25) is 0 Å². The van der Waals surface area contributed by atoms with Gasteiger partial charge < -0.3 is 23.7 Å². The average Bonchev–Trinajstić information content (AvgIpc) is 3.05. The predicted molar refractivity (Wildman–Crippen MR) is 108 cm³/mol. The molecule has 0 spiro atoms. The molecule has 0 radical (unpaired) electrons. The molecule has 1 amide bonds. The Hall–Kier alpha value is -2.63. The normalized spacial score (nSPS) is 16.7. The minimum absolute atomic E-state index is 0.252. The van der Waals surface area contributed by atoms with E-state index in [9.17, 15) is 4.79 Å². The number of carbonyl (C=O) groups is 1. The van der Waals surface area contributed by atoms with Crippen LogP contribution in [0.15, 0.2) is 28.9 Å². The third kappa shape index (κ3) is 3.55. The van der Waals surface area contributed by atoms with Crippen molar-refractivity contribution in [3.8, 4) is 17.1 Å². The second kappa shape index (κ2) is 7.08. The molecule has 0 atom stereocenters. The summed E-state index contributed by atoms with van der Waals surface area (Å²) < 4.78 is 17.4. The van der Waals surface area contributed by atoms with Gasteiger partial charge in [0.25, 0.3) is 0 Å². The van der Waals surface area contributed by atoms with Crippen LogP contribution >= 0.6 is 0 Å². The molecule has 2 aliphatic heterocycles. The molecule has 0 saturated heterocycles. The number of hydrogen-bond donors (Lipinski definition) is 0. The Morgan fingerprint density at radius 1 is 1.18 bits per heavy atom. The smallest absolute Gasteiger partial charge is 0.410 e. The van der Waals surface area contributed by atoms with Crippen molar-refractivity contribution in [1.82, 2.24) is 4.90 Å². The van der Waals surface area contributed by atoms with Gasteiger partial charge in [0.1, 0.15) is 23.7 Å². The lowest BCUT2D eigenvalue weighted by Gasteiger charge is -2.31. The molecule has 28 heavy (non-hydrogen) atoms. The Morgan fingerprint density at radius 2 is 1.96 bits per heavy atom. The van der Waals surface area contributed by atoms with E-state index in [1.807, 2.05) is 32.9 Å². The van der Waals surface area contributed by atoms with Gasteiger partial charge in [-0.05, 0) is 62.9 Å². The molecule has 4 rings (SSSR count). The topological polar surface area (TPSA) is 55.2 Å². The summed E-state index contributed by atoms with van der Waals surface area (Å²) in [6, 6.07) is 6.05. The van der Waals surface area contributed by atoms with E-state index in [0.717, 1.165) is 42.1 Å². The first kappa shape index (κ1) is 18.7. The third-order valence-corrected chi connectivity index (χ3v) is 5.23. The Morgan fingerprint density at radius 3 is 2.68 bits per heavy atom. The van der Waals surface area contributed by atoms with Crippen LogP contribution in [-0.4, -0.2) is 49.9 Å². The summed E-state index contributed by atoms with van der Waals surface area (Å²) >= 11 is 0. The van der Waals surface area contributed by atoms with Crippen LogP contribution in [0, 0.1) is 0 Å². The van der Waals surface area contributed by atoms with Gasteiger partial charge in [0.05, 0.1) is 18.5 Å². The van der Waals surface area contributed by atoms with E-state index in [1.165, 1.54) is 11.1 Å². The molecule has 0 saturated carbocycles. The maximum absolute atomic E-state index is 12.6. The number of likely N-dealkylation sites (N-methyl/N-ethyl adjacent to an activating group) is 1. The monoisotopic (exact) mass is 384 g/mol. The summed E-state index contributed by atoms with van der Waals surface area (Å²) in [5.74, 6) is 1.74. The number of furan rings is 1. The highest BCUT2D eigenvalue weighted by Crippen LogP contribution is 2.45. The van der Waals surface area contributed by atoms with Crippen molar-refractivity contribution < 1.29 is 18.7 Å². The van der Waals surface area contributed by atoms with Gasteiger partial charge in [0.2, 0.25) is 0 Å². The first-order valence-electron chi connectivity index (χ1n) is 9.88. The minimum atomic E-state index is -0.495. The fraction of sp³-hybridized carbons (Fsp3) is 0.500. The Kier molecular flexibility index (Phi) is 4.73. The zero-order valence-corrected chi connectivity index (χ0v) is 17.1. The molecule has 0 aliphatic carbocycles. The van der Waals surface area contributed by atoms with Crippen molar-refractivity contribution in [2.45, 2.75) is 39.2 Å². The van der Waals surface area contributed by atoms with Gasteiger partial charge in [-0.1, -0.05) is 0 Å². The van der Waals surface area contributed by atoms with Gasteiger partial charge in [0, 0.05) is 25.7 Å². The molecule has 0 unspecified atom stereocenters. The van der Waals surface area contributed by atoms with Crippen LogP contribution in [0.1, 0.15) is 31.9 Å². The number of carbonyl (C=O) groups excluding carboxylic acids is 1. The highest BCUT2D eigenvalue weighted by atomic mass is 16.6. The maximum atomic E-state index is 12.6. The SMILES string of the molecule is CN1CCOc2cc3c(c(-c4ccco4)c21)CCN(C(=O)OC(C)(C)C)CC3. The van der Waals surface area contributed by atoms with Gasteiger partial charge in [-0.25, -0.2) is 4.79 Å². The first-order valence-corrected chi connectivity index (χ1v) is 9.88. The Bertz CT molecular complexity index is 868. The largest absolute Gasteiger partial charge is 0.490 e. The van der Waals surface area contributed by atoms with E-state index in [-0.39, 0.29) is 6.09 Å². The van der Waals surface area contributed by atoms with Gasteiger partial charge in [-0.15, -0.1) is 0 Å². The maximum Gasteiger partial charge on any atom is 0.410 e. The van der Waals surface area contributed by atoms with Crippen LogP contribution in [0.25, 0.3) is 11.3 Å². The number of hydrogen-bond acceptors (Lipinski definition) is 5. The van der Waals surface area contributed by atoms with Gasteiger partial charge in [-0.2, -0.15) is 0 Å². The number of nitrogens with zero attached hydrogens (tertiary/aromatic N) is 2. The quantitative estimate of drug-likeness (QED) is 0.741. The number of rotatable bonds is 1. The zero-order chi connectivity index (χ0) is 19.9. The molecule has 150 valence electrons. The number of ether oxygens (including phenoxy) is 2. The van der Waals surface area contributed by atoms with E-state index in [2.05, 4.69) is 18.0 Å². The van der Waals surface area contributed by atoms with Crippen LogP contribution in [-0.2, 0) is 17.6 Å².